The summed E-state index contributed by atoms with van der Waals surface area (Å²) in [5.41, 5.74) is 1.98. The average Bonchev–Trinajstić information content (AvgIpc) is 3.37. The third-order valence-electron chi connectivity index (χ3n) is 4.59. The van der Waals surface area contributed by atoms with Gasteiger partial charge in [0.15, 0.2) is 0 Å². The van der Waals surface area contributed by atoms with Crippen LogP contribution < -0.4 is 15.5 Å². The van der Waals surface area contributed by atoms with Crippen molar-refractivity contribution in [1.82, 2.24) is 10.6 Å². The summed E-state index contributed by atoms with van der Waals surface area (Å²) < 4.78 is 0. The Bertz CT molecular complexity index is 512. The summed E-state index contributed by atoms with van der Waals surface area (Å²) in [5.74, 6) is 0.411. The van der Waals surface area contributed by atoms with Gasteiger partial charge in [-0.05, 0) is 56.2 Å². The number of rotatable bonds is 8. The number of hydrogen-bond acceptors (Lipinski definition) is 3. The highest BCUT2D eigenvalue weighted by molar-refractivity contribution is 5.74. The smallest absolute Gasteiger partial charge is 0.315 e. The maximum absolute atomic E-state index is 11.9. The quantitative estimate of drug-likeness (QED) is 0.643. The Kier molecular flexibility index (Phi) is 5.88. The first-order valence-corrected chi connectivity index (χ1v) is 8.38. The van der Waals surface area contributed by atoms with Crippen molar-refractivity contribution >= 4 is 11.7 Å². The third-order valence-corrected chi connectivity index (χ3v) is 4.59. The summed E-state index contributed by atoms with van der Waals surface area (Å²) in [7, 11) is 4.05. The van der Waals surface area contributed by atoms with Crippen molar-refractivity contribution < 1.29 is 9.90 Å². The number of nitrogens with one attached hydrogen (secondary N) is 2. The number of anilines is 1. The van der Waals surface area contributed by atoms with Gasteiger partial charge in [0.1, 0.15) is 0 Å². The van der Waals surface area contributed by atoms with E-state index in [0.717, 1.165) is 25.7 Å². The first-order valence-electron chi connectivity index (χ1n) is 8.38. The number of aliphatic hydroxyl groups is 1. The van der Waals surface area contributed by atoms with Gasteiger partial charge in [-0.15, -0.1) is 0 Å². The minimum Gasteiger partial charge on any atom is -0.394 e. The molecule has 1 fully saturated rings. The number of carbonyl (C=O) groups is 1. The molecule has 0 saturated heterocycles. The number of urea groups is 1. The van der Waals surface area contributed by atoms with Gasteiger partial charge in [0.25, 0.3) is 0 Å². The Hall–Kier alpha value is -1.75. The Balaban J connectivity index is 1.67. The Labute approximate surface area is 139 Å². The molecule has 0 spiro atoms. The van der Waals surface area contributed by atoms with Gasteiger partial charge in [0.2, 0.25) is 0 Å². The monoisotopic (exact) mass is 319 g/mol. The second-order valence-corrected chi connectivity index (χ2v) is 6.90. The Morgan fingerprint density at radius 3 is 2.48 bits per heavy atom. The van der Waals surface area contributed by atoms with Crippen LogP contribution in [0, 0.1) is 5.92 Å². The highest BCUT2D eigenvalue weighted by atomic mass is 16.3. The fourth-order valence-corrected chi connectivity index (χ4v) is 2.75. The van der Waals surface area contributed by atoms with Crippen LogP contribution in [-0.2, 0) is 6.42 Å². The maximum Gasteiger partial charge on any atom is 0.315 e. The van der Waals surface area contributed by atoms with Crippen molar-refractivity contribution in [2.75, 3.05) is 32.1 Å². The molecule has 5 nitrogen and oxygen atoms in total. The normalized spacial score (nSPS) is 16.5. The zero-order valence-corrected chi connectivity index (χ0v) is 14.4. The first-order chi connectivity index (χ1) is 10.9. The van der Waals surface area contributed by atoms with Gasteiger partial charge in [0.05, 0.1) is 12.1 Å². The van der Waals surface area contributed by atoms with Gasteiger partial charge in [-0.1, -0.05) is 12.1 Å². The van der Waals surface area contributed by atoms with Crippen LogP contribution in [0.25, 0.3) is 0 Å². The summed E-state index contributed by atoms with van der Waals surface area (Å²) in [4.78, 5) is 14.0. The van der Waals surface area contributed by atoms with Crippen LogP contribution in [0.1, 0.15) is 31.7 Å². The van der Waals surface area contributed by atoms with Crippen LogP contribution in [-0.4, -0.2) is 43.9 Å². The number of aryl methyl sites for hydroxylation is 1. The number of carbonyl (C=O) groups excluding carboxylic acids is 1. The lowest BCUT2D eigenvalue weighted by molar-refractivity contribution is 0.155. The fraction of sp³-hybridized carbons (Fsp3) is 0.611. The van der Waals surface area contributed by atoms with Crippen molar-refractivity contribution in [2.45, 2.75) is 38.1 Å². The lowest BCUT2D eigenvalue weighted by Crippen LogP contribution is -2.54. The van der Waals surface area contributed by atoms with Gasteiger partial charge >= 0.3 is 6.03 Å². The number of amides is 2. The van der Waals surface area contributed by atoms with Crippen LogP contribution in [0.3, 0.4) is 0 Å². The van der Waals surface area contributed by atoms with Crippen LogP contribution in [0.5, 0.6) is 0 Å². The predicted octanol–water partition coefficient (Wildman–Crippen LogP) is 2.15. The van der Waals surface area contributed by atoms with Crippen LogP contribution in [0.15, 0.2) is 24.3 Å². The molecule has 1 aromatic carbocycles. The average molecular weight is 319 g/mol. The number of benzene rings is 1. The molecule has 23 heavy (non-hydrogen) atoms. The molecular weight excluding hydrogens is 290 g/mol. The molecule has 0 bridgehead atoms. The molecule has 2 rings (SSSR count). The summed E-state index contributed by atoms with van der Waals surface area (Å²) in [6.07, 6.45) is 4.00. The topological polar surface area (TPSA) is 64.6 Å². The molecule has 1 unspecified atom stereocenters. The predicted molar refractivity (Wildman–Crippen MR) is 93.8 cm³/mol. The van der Waals surface area contributed by atoms with Gasteiger partial charge in [-0.3, -0.25) is 0 Å². The summed E-state index contributed by atoms with van der Waals surface area (Å²) in [6, 6.07) is 8.29. The SMILES string of the molecule is CN(C)c1ccc(CCCNC(=O)NC(C)(CO)C2CC2)cc1. The van der Waals surface area contributed by atoms with Crippen molar-refractivity contribution in [3.05, 3.63) is 29.8 Å². The van der Waals surface area contributed by atoms with E-state index in [1.54, 1.807) is 0 Å². The summed E-state index contributed by atoms with van der Waals surface area (Å²) >= 11 is 0. The second kappa shape index (κ2) is 7.68. The number of aliphatic hydroxyl groups excluding tert-OH is 1. The van der Waals surface area contributed by atoms with E-state index in [1.807, 2.05) is 21.0 Å². The van der Waals surface area contributed by atoms with Gasteiger partial charge < -0.3 is 20.6 Å². The zero-order chi connectivity index (χ0) is 16.9. The van der Waals surface area contributed by atoms with E-state index in [-0.39, 0.29) is 12.6 Å². The Morgan fingerprint density at radius 2 is 1.96 bits per heavy atom. The second-order valence-electron chi connectivity index (χ2n) is 6.90. The lowest BCUT2D eigenvalue weighted by atomic mass is 9.97. The number of hydrogen-bond donors (Lipinski definition) is 3. The van der Waals surface area contributed by atoms with Crippen LogP contribution in [0.4, 0.5) is 10.5 Å². The molecule has 0 radical (unpaired) electrons. The molecule has 0 aliphatic heterocycles. The fourth-order valence-electron chi connectivity index (χ4n) is 2.75. The van der Waals surface area contributed by atoms with E-state index < -0.39 is 5.54 Å². The lowest BCUT2D eigenvalue weighted by Gasteiger charge is -2.28. The molecule has 1 atom stereocenters. The minimum absolute atomic E-state index is 0.0106. The molecule has 3 N–H and O–H groups in total. The first kappa shape index (κ1) is 17.6. The van der Waals surface area contributed by atoms with Crippen LogP contribution >= 0.6 is 0 Å². The van der Waals surface area contributed by atoms with E-state index in [9.17, 15) is 9.90 Å². The van der Waals surface area contributed by atoms with Crippen molar-refractivity contribution in [1.29, 1.82) is 0 Å². The third kappa shape index (κ3) is 5.13. The van der Waals surface area contributed by atoms with E-state index in [2.05, 4.69) is 39.8 Å². The molecule has 128 valence electrons. The molecule has 2 amide bonds. The molecular formula is C18H29N3O2. The van der Waals surface area contributed by atoms with Crippen molar-refractivity contribution in [3.8, 4) is 0 Å². The van der Waals surface area contributed by atoms with Crippen LogP contribution in [0.2, 0.25) is 0 Å². The molecule has 1 saturated carbocycles. The van der Waals surface area contributed by atoms with Crippen molar-refractivity contribution in [2.24, 2.45) is 5.92 Å². The molecule has 0 heterocycles. The summed E-state index contributed by atoms with van der Waals surface area (Å²) in [5, 5.41) is 15.3. The largest absolute Gasteiger partial charge is 0.394 e. The molecule has 1 aliphatic rings. The zero-order valence-electron chi connectivity index (χ0n) is 14.4. The molecule has 1 aromatic rings. The van der Waals surface area contributed by atoms with Gasteiger partial charge in [-0.25, -0.2) is 4.79 Å². The molecule has 1 aliphatic carbocycles. The minimum atomic E-state index is -0.480. The molecule has 5 heteroatoms. The molecule has 0 aromatic heterocycles. The van der Waals surface area contributed by atoms with E-state index in [0.29, 0.717) is 12.5 Å². The summed E-state index contributed by atoms with van der Waals surface area (Å²) in [6.45, 7) is 2.54. The highest BCUT2D eigenvalue weighted by Gasteiger charge is 2.42. The van der Waals surface area contributed by atoms with Gasteiger partial charge in [0, 0.05) is 26.3 Å². The van der Waals surface area contributed by atoms with Crippen molar-refractivity contribution in [3.63, 3.8) is 0 Å². The van der Waals surface area contributed by atoms with E-state index in [1.165, 1.54) is 11.3 Å². The number of nitrogens with zero attached hydrogens (tertiary/aromatic N) is 1. The Morgan fingerprint density at radius 1 is 1.30 bits per heavy atom. The van der Waals surface area contributed by atoms with Gasteiger partial charge in [-0.2, -0.15) is 0 Å². The van der Waals surface area contributed by atoms with E-state index in [4.69, 9.17) is 0 Å². The van der Waals surface area contributed by atoms with E-state index >= 15 is 0 Å². The maximum atomic E-state index is 11.9. The standard InChI is InChI=1S/C18H29N3O2/c1-18(13-22,15-8-9-15)20-17(23)19-12-4-5-14-6-10-16(11-7-14)21(2)3/h6-7,10-11,15,22H,4-5,8-9,12-13H2,1-3H3,(H2,19,20,23). The highest BCUT2D eigenvalue weighted by Crippen LogP contribution is 2.39.